The van der Waals surface area contributed by atoms with Gasteiger partial charge in [0.1, 0.15) is 5.82 Å². The monoisotopic (exact) mass is 286 g/mol. The second-order valence-electron chi connectivity index (χ2n) is 5.43. The van der Waals surface area contributed by atoms with Crippen molar-refractivity contribution in [3.05, 3.63) is 52.5 Å². The third kappa shape index (κ3) is 2.74. The maximum atomic E-state index is 12.6. The fraction of sp³-hybridized carbons (Fsp3) is 0.400. The van der Waals surface area contributed by atoms with Gasteiger partial charge in [-0.05, 0) is 18.9 Å². The molecule has 110 valence electrons. The summed E-state index contributed by atoms with van der Waals surface area (Å²) >= 11 is 0. The van der Waals surface area contributed by atoms with Gasteiger partial charge in [-0.1, -0.05) is 0 Å². The molecule has 1 amide bonds. The fourth-order valence-corrected chi connectivity index (χ4v) is 2.79. The van der Waals surface area contributed by atoms with Crippen LogP contribution in [0.25, 0.3) is 0 Å². The lowest BCUT2D eigenvalue weighted by atomic mass is 9.97. The zero-order valence-electron chi connectivity index (χ0n) is 12.0. The number of nitrogens with zero attached hydrogens (tertiary/aromatic N) is 3. The minimum absolute atomic E-state index is 0.0261. The summed E-state index contributed by atoms with van der Waals surface area (Å²) in [5.74, 6) is 1.17. The van der Waals surface area contributed by atoms with Crippen LogP contribution in [-0.4, -0.2) is 38.4 Å². The van der Waals surface area contributed by atoms with Gasteiger partial charge in [0.25, 0.3) is 5.91 Å². The highest BCUT2D eigenvalue weighted by Crippen LogP contribution is 2.25. The van der Waals surface area contributed by atoms with Gasteiger partial charge in [-0.25, -0.2) is 4.98 Å². The van der Waals surface area contributed by atoms with E-state index in [1.165, 1.54) is 10.6 Å². The van der Waals surface area contributed by atoms with E-state index in [0.717, 1.165) is 25.2 Å². The van der Waals surface area contributed by atoms with Gasteiger partial charge < -0.3 is 14.5 Å². The topological polar surface area (TPSA) is 71.0 Å². The molecular formula is C15H18N4O2. The van der Waals surface area contributed by atoms with E-state index in [1.54, 1.807) is 25.5 Å². The largest absolute Gasteiger partial charge is 0.348 e. The van der Waals surface area contributed by atoms with Crippen LogP contribution in [0.3, 0.4) is 0 Å². The van der Waals surface area contributed by atoms with Gasteiger partial charge in [0.15, 0.2) is 0 Å². The van der Waals surface area contributed by atoms with Crippen molar-refractivity contribution < 1.29 is 4.79 Å². The first-order chi connectivity index (χ1) is 10.1. The van der Waals surface area contributed by atoms with Crippen LogP contribution in [-0.2, 0) is 7.05 Å². The first kappa shape index (κ1) is 13.6. The van der Waals surface area contributed by atoms with Gasteiger partial charge in [0.05, 0.1) is 5.56 Å². The average molecular weight is 286 g/mol. The Morgan fingerprint density at radius 2 is 2.29 bits per heavy atom. The maximum absolute atomic E-state index is 12.6. The number of imidazole rings is 1. The van der Waals surface area contributed by atoms with E-state index in [1.807, 2.05) is 11.1 Å². The molecule has 1 saturated heterocycles. The Labute approximate surface area is 122 Å². The number of carbonyl (C=O) groups excluding carboxylic acids is 1. The van der Waals surface area contributed by atoms with Crippen molar-refractivity contribution in [2.45, 2.75) is 18.8 Å². The molecule has 1 atom stereocenters. The highest BCUT2D eigenvalue weighted by atomic mass is 16.2. The number of hydrogen-bond donors (Lipinski definition) is 1. The van der Waals surface area contributed by atoms with Crippen LogP contribution in [0.1, 0.15) is 34.9 Å². The number of amides is 1. The number of nitrogens with one attached hydrogen (secondary N) is 1. The van der Waals surface area contributed by atoms with Gasteiger partial charge in [-0.3, -0.25) is 9.59 Å². The minimum atomic E-state index is -0.112. The smallest absolute Gasteiger partial charge is 0.255 e. The molecule has 0 unspecified atom stereocenters. The van der Waals surface area contributed by atoms with Crippen LogP contribution in [0.2, 0.25) is 0 Å². The molecule has 2 aromatic heterocycles. The Bertz CT molecular complexity index is 690. The molecule has 0 saturated carbocycles. The van der Waals surface area contributed by atoms with Gasteiger partial charge in [-0.2, -0.15) is 0 Å². The summed E-state index contributed by atoms with van der Waals surface area (Å²) in [5.41, 5.74) is 0.441. The number of likely N-dealkylation sites (tertiary alicyclic amines) is 1. The van der Waals surface area contributed by atoms with Crippen molar-refractivity contribution in [3.63, 3.8) is 0 Å². The number of pyridine rings is 1. The van der Waals surface area contributed by atoms with Crippen molar-refractivity contribution in [1.82, 2.24) is 19.4 Å². The molecule has 0 bridgehead atoms. The van der Waals surface area contributed by atoms with Gasteiger partial charge in [0, 0.05) is 50.7 Å². The molecule has 6 nitrogen and oxygen atoms in total. The number of hydrogen-bond acceptors (Lipinski definition) is 3. The summed E-state index contributed by atoms with van der Waals surface area (Å²) in [6.45, 7) is 1.41. The van der Waals surface area contributed by atoms with Crippen molar-refractivity contribution in [1.29, 1.82) is 0 Å². The van der Waals surface area contributed by atoms with Crippen LogP contribution in [0.5, 0.6) is 0 Å². The number of aromatic nitrogens is 3. The molecule has 0 aliphatic carbocycles. The zero-order chi connectivity index (χ0) is 14.8. The van der Waals surface area contributed by atoms with Crippen molar-refractivity contribution in [2.75, 3.05) is 13.1 Å². The molecule has 2 aromatic rings. The third-order valence-corrected chi connectivity index (χ3v) is 3.95. The molecule has 21 heavy (non-hydrogen) atoms. The van der Waals surface area contributed by atoms with E-state index < -0.39 is 0 Å². The second kappa shape index (κ2) is 5.55. The normalized spacial score (nSPS) is 18.7. The average Bonchev–Trinajstić information content (AvgIpc) is 3.04. The summed E-state index contributed by atoms with van der Waals surface area (Å²) in [6, 6.07) is 3.03. The number of aromatic amines is 1. The molecule has 0 spiro atoms. The molecule has 1 fully saturated rings. The predicted octanol–water partition coefficient (Wildman–Crippen LogP) is 1.13. The molecule has 3 rings (SSSR count). The molecule has 0 radical (unpaired) electrons. The van der Waals surface area contributed by atoms with Gasteiger partial charge in [0.2, 0.25) is 5.56 Å². The van der Waals surface area contributed by atoms with E-state index in [2.05, 4.69) is 9.97 Å². The van der Waals surface area contributed by atoms with Crippen LogP contribution < -0.4 is 5.56 Å². The highest BCUT2D eigenvalue weighted by molar-refractivity contribution is 5.94. The number of piperidine rings is 1. The van der Waals surface area contributed by atoms with Crippen molar-refractivity contribution >= 4 is 5.91 Å². The maximum Gasteiger partial charge on any atom is 0.255 e. The number of carbonyl (C=O) groups is 1. The van der Waals surface area contributed by atoms with Gasteiger partial charge in [-0.15, -0.1) is 0 Å². The van der Waals surface area contributed by atoms with Crippen LogP contribution >= 0.6 is 0 Å². The van der Waals surface area contributed by atoms with E-state index in [4.69, 9.17) is 0 Å². The molecule has 3 heterocycles. The molecule has 1 aliphatic heterocycles. The summed E-state index contributed by atoms with van der Waals surface area (Å²) in [4.78, 5) is 33.2. The Balaban J connectivity index is 1.78. The first-order valence-electron chi connectivity index (χ1n) is 7.10. The zero-order valence-corrected chi connectivity index (χ0v) is 12.0. The van der Waals surface area contributed by atoms with Crippen molar-refractivity contribution in [3.8, 4) is 0 Å². The lowest BCUT2D eigenvalue weighted by molar-refractivity contribution is 0.0704. The van der Waals surface area contributed by atoms with Crippen molar-refractivity contribution in [2.24, 2.45) is 7.05 Å². The Hall–Kier alpha value is -2.37. The highest BCUT2D eigenvalue weighted by Gasteiger charge is 2.26. The van der Waals surface area contributed by atoms with E-state index in [-0.39, 0.29) is 17.4 Å². The Morgan fingerprint density at radius 3 is 3.00 bits per heavy atom. The van der Waals surface area contributed by atoms with Gasteiger partial charge >= 0.3 is 0 Å². The molecular weight excluding hydrogens is 268 g/mol. The second-order valence-corrected chi connectivity index (χ2v) is 5.43. The Kier molecular flexibility index (Phi) is 3.60. The summed E-state index contributed by atoms with van der Waals surface area (Å²) < 4.78 is 1.43. The van der Waals surface area contributed by atoms with E-state index in [0.29, 0.717) is 12.1 Å². The van der Waals surface area contributed by atoms with E-state index in [9.17, 15) is 9.59 Å². The summed E-state index contributed by atoms with van der Waals surface area (Å²) in [6.07, 6.45) is 7.14. The van der Waals surface area contributed by atoms with Crippen LogP contribution in [0.15, 0.2) is 35.5 Å². The van der Waals surface area contributed by atoms with E-state index >= 15 is 0 Å². The molecule has 1 N–H and O–H groups in total. The lowest BCUT2D eigenvalue weighted by Crippen LogP contribution is -2.39. The lowest BCUT2D eigenvalue weighted by Gasteiger charge is -2.32. The molecule has 6 heteroatoms. The van der Waals surface area contributed by atoms with Crippen LogP contribution in [0, 0.1) is 0 Å². The molecule has 1 aliphatic rings. The number of H-pyrrole nitrogens is 1. The number of aryl methyl sites for hydroxylation is 1. The summed E-state index contributed by atoms with van der Waals surface area (Å²) in [5, 5.41) is 0. The standard InChI is InChI=1S/C15H18N4O2/c1-18-9-12(4-5-13(18)20)15(21)19-8-2-3-11(10-19)14-16-6-7-17-14/h4-7,9,11H,2-3,8,10H2,1H3,(H,16,17)/t11-/m0/s1. The number of rotatable bonds is 2. The minimum Gasteiger partial charge on any atom is -0.348 e. The summed E-state index contributed by atoms with van der Waals surface area (Å²) in [7, 11) is 1.65. The Morgan fingerprint density at radius 1 is 1.43 bits per heavy atom. The van der Waals surface area contributed by atoms with Crippen LogP contribution in [0.4, 0.5) is 0 Å². The quantitative estimate of drug-likeness (QED) is 0.899. The molecule has 0 aromatic carbocycles. The predicted molar refractivity (Wildman–Crippen MR) is 78.1 cm³/mol. The third-order valence-electron chi connectivity index (χ3n) is 3.95. The fourth-order valence-electron chi connectivity index (χ4n) is 2.79. The first-order valence-corrected chi connectivity index (χ1v) is 7.10. The SMILES string of the molecule is Cn1cc(C(=O)N2CCC[C@H](c3ncc[nH]3)C2)ccc1=O.